The first-order valence-electron chi connectivity index (χ1n) is 19.1. The summed E-state index contributed by atoms with van der Waals surface area (Å²) in [6.45, 7) is 4.74. The van der Waals surface area contributed by atoms with Gasteiger partial charge in [-0.25, -0.2) is 4.57 Å². The first-order chi connectivity index (χ1) is 23.4. The van der Waals surface area contributed by atoms with Crippen LogP contribution in [0.3, 0.4) is 0 Å². The van der Waals surface area contributed by atoms with Crippen molar-refractivity contribution in [1.82, 2.24) is 0 Å². The lowest BCUT2D eigenvalue weighted by Crippen LogP contribution is -2.28. The van der Waals surface area contributed by atoms with Gasteiger partial charge in [0, 0.05) is 19.6 Å². The van der Waals surface area contributed by atoms with Gasteiger partial charge in [-0.05, 0) is 51.4 Å². The maximum absolute atomic E-state index is 12.5. The quantitative estimate of drug-likeness (QED) is 0.0287. The summed E-state index contributed by atoms with van der Waals surface area (Å²) in [6, 6.07) is 0. The normalized spacial score (nSPS) is 14.2. The third kappa shape index (κ3) is 35.8. The number of hydrogen-bond donors (Lipinski definition) is 2. The topological polar surface area (TPSA) is 117 Å². The van der Waals surface area contributed by atoms with E-state index in [1.54, 1.807) is 0 Å². The van der Waals surface area contributed by atoms with E-state index < -0.39 is 13.9 Å². The zero-order valence-corrected chi connectivity index (χ0v) is 31.6. The number of carbonyl (C=O) groups is 1. The van der Waals surface area contributed by atoms with E-state index in [2.05, 4.69) is 62.5 Å². The van der Waals surface area contributed by atoms with E-state index in [0.717, 1.165) is 51.4 Å². The van der Waals surface area contributed by atoms with Crippen LogP contribution >= 0.6 is 7.82 Å². The molecule has 0 saturated carbocycles. The number of rotatable bonds is 36. The number of hydrogen-bond acceptors (Lipinski definition) is 7. The minimum Gasteiger partial charge on any atom is -0.457 e. The van der Waals surface area contributed by atoms with Gasteiger partial charge in [-0.1, -0.05) is 146 Å². The lowest BCUT2D eigenvalue weighted by molar-refractivity contribution is -0.154. The maximum Gasteiger partial charge on any atom is 0.472 e. The van der Waals surface area contributed by atoms with Crippen LogP contribution in [0.4, 0.5) is 0 Å². The molecule has 9 heteroatoms. The number of allylic oxidation sites excluding steroid dienone is 8. The monoisotopic (exact) mass is 698 g/mol. The molecule has 48 heavy (non-hydrogen) atoms. The lowest BCUT2D eigenvalue weighted by Gasteiger charge is -2.20. The van der Waals surface area contributed by atoms with Crippen molar-refractivity contribution in [3.8, 4) is 0 Å². The molecule has 0 bridgehead atoms. The van der Waals surface area contributed by atoms with Gasteiger partial charge >= 0.3 is 13.8 Å². The lowest BCUT2D eigenvalue weighted by atomic mass is 10.0. The number of nitrogens with two attached hydrogens (primary N) is 1. The minimum atomic E-state index is -4.28. The van der Waals surface area contributed by atoms with Crippen molar-refractivity contribution >= 4 is 13.8 Å². The van der Waals surface area contributed by atoms with Crippen molar-refractivity contribution in [2.45, 2.75) is 161 Å². The van der Waals surface area contributed by atoms with Gasteiger partial charge < -0.3 is 20.1 Å². The number of unbranched alkanes of at least 4 members (excludes halogenated alkanes) is 15. The molecule has 2 atom stereocenters. The van der Waals surface area contributed by atoms with E-state index >= 15 is 0 Å². The molecule has 0 aliphatic carbocycles. The minimum absolute atomic E-state index is 0.0928. The van der Waals surface area contributed by atoms with Crippen LogP contribution in [0.5, 0.6) is 0 Å². The molecular weight excluding hydrogens is 625 g/mol. The van der Waals surface area contributed by atoms with Gasteiger partial charge in [0.15, 0.2) is 0 Å². The molecule has 0 rings (SSSR count). The second-order valence-corrected chi connectivity index (χ2v) is 13.9. The van der Waals surface area contributed by atoms with Crippen LogP contribution in [0.25, 0.3) is 0 Å². The van der Waals surface area contributed by atoms with E-state index in [9.17, 15) is 14.3 Å². The summed E-state index contributed by atoms with van der Waals surface area (Å²) in [5.74, 6) is -0.371. The summed E-state index contributed by atoms with van der Waals surface area (Å²) in [4.78, 5) is 22.4. The predicted octanol–water partition coefficient (Wildman–Crippen LogP) is 10.9. The van der Waals surface area contributed by atoms with Crippen LogP contribution in [-0.4, -0.2) is 49.9 Å². The molecule has 0 radical (unpaired) electrons. The molecule has 0 saturated heterocycles. The second-order valence-electron chi connectivity index (χ2n) is 12.4. The highest BCUT2D eigenvalue weighted by Gasteiger charge is 2.25. The van der Waals surface area contributed by atoms with Crippen LogP contribution in [0.1, 0.15) is 155 Å². The highest BCUT2D eigenvalue weighted by Crippen LogP contribution is 2.43. The first-order valence-corrected chi connectivity index (χ1v) is 20.6. The Morgan fingerprint density at radius 2 is 1.17 bits per heavy atom. The van der Waals surface area contributed by atoms with Gasteiger partial charge in [0.05, 0.1) is 19.8 Å². The summed E-state index contributed by atoms with van der Waals surface area (Å²) in [7, 11) is -4.28. The summed E-state index contributed by atoms with van der Waals surface area (Å²) >= 11 is 0. The molecule has 280 valence electrons. The molecule has 2 unspecified atom stereocenters. The average molecular weight is 698 g/mol. The molecule has 0 aromatic heterocycles. The molecule has 8 nitrogen and oxygen atoms in total. The molecule has 0 aromatic rings. The van der Waals surface area contributed by atoms with Crippen molar-refractivity contribution in [1.29, 1.82) is 0 Å². The molecule has 0 fully saturated rings. The predicted molar refractivity (Wildman–Crippen MR) is 201 cm³/mol. The Kier molecular flexibility index (Phi) is 35.6. The standard InChI is InChI=1S/C39H72NO7P/c1-3-5-7-9-11-13-15-17-19-20-22-24-26-28-30-32-39(41)47-38(37-46-48(42,43)45-35-33-40)36-44-34-31-29-27-25-23-21-18-16-14-12-10-8-6-4-2/h5,7,11,13,17,19,22,24,38H,3-4,6,8-10,12,14-16,18,20-21,23,25-37,40H2,1-2H3,(H,42,43)/b7-5-,13-11-,19-17-,24-22-. The molecule has 0 aliphatic heterocycles. The second kappa shape index (κ2) is 36.7. The zero-order valence-electron chi connectivity index (χ0n) is 30.7. The van der Waals surface area contributed by atoms with Gasteiger partial charge in [-0.15, -0.1) is 0 Å². The summed E-state index contributed by atoms with van der Waals surface area (Å²) < 4.78 is 33.3. The van der Waals surface area contributed by atoms with Crippen LogP contribution in [0.15, 0.2) is 48.6 Å². The Morgan fingerprint density at radius 1 is 0.646 bits per heavy atom. The fourth-order valence-corrected chi connectivity index (χ4v) is 5.75. The Bertz CT molecular complexity index is 874. The van der Waals surface area contributed by atoms with Gasteiger partial charge in [0.25, 0.3) is 0 Å². The Morgan fingerprint density at radius 3 is 1.71 bits per heavy atom. The van der Waals surface area contributed by atoms with Crippen LogP contribution < -0.4 is 5.73 Å². The number of ether oxygens (including phenoxy) is 2. The van der Waals surface area contributed by atoms with Crippen molar-refractivity contribution in [2.75, 3.05) is 33.0 Å². The van der Waals surface area contributed by atoms with Crippen LogP contribution in [-0.2, 0) is 27.9 Å². The van der Waals surface area contributed by atoms with E-state index in [4.69, 9.17) is 24.3 Å². The fraction of sp³-hybridized carbons (Fsp3) is 0.769. The summed E-state index contributed by atoms with van der Waals surface area (Å²) in [5, 5.41) is 0. The molecule has 3 N–H and O–H groups in total. The number of esters is 1. The highest BCUT2D eigenvalue weighted by molar-refractivity contribution is 7.47. The Labute approximate surface area is 294 Å². The SMILES string of the molecule is CC/C=C\C/C=C\C/C=C\C/C=C\CCCCC(=O)OC(COCCCCCCCCCCCCCCCC)COP(=O)(O)OCCN. The summed E-state index contributed by atoms with van der Waals surface area (Å²) in [6.07, 6.45) is 41.2. The van der Waals surface area contributed by atoms with Crippen molar-refractivity contribution in [3.63, 3.8) is 0 Å². The summed E-state index contributed by atoms with van der Waals surface area (Å²) in [5.41, 5.74) is 5.35. The largest absolute Gasteiger partial charge is 0.472 e. The number of phosphoric acid groups is 1. The Hall–Kier alpha value is -1.54. The van der Waals surface area contributed by atoms with E-state index in [-0.39, 0.29) is 38.8 Å². The molecule has 0 heterocycles. The highest BCUT2D eigenvalue weighted by atomic mass is 31.2. The molecule has 0 aliphatic rings. The average Bonchev–Trinajstić information content (AvgIpc) is 3.07. The third-order valence-electron chi connectivity index (χ3n) is 7.76. The van der Waals surface area contributed by atoms with Gasteiger partial charge in [-0.2, -0.15) is 0 Å². The third-order valence-corrected chi connectivity index (χ3v) is 8.74. The molecular formula is C39H72NO7P. The zero-order chi connectivity index (χ0) is 35.2. The molecule has 0 amide bonds. The van der Waals surface area contributed by atoms with E-state index in [1.165, 1.54) is 77.0 Å². The van der Waals surface area contributed by atoms with Crippen molar-refractivity contribution in [3.05, 3.63) is 48.6 Å². The van der Waals surface area contributed by atoms with Gasteiger partial charge in [0.1, 0.15) is 6.10 Å². The Balaban J connectivity index is 4.17. The van der Waals surface area contributed by atoms with Crippen molar-refractivity contribution in [2.24, 2.45) is 5.73 Å². The number of phosphoric ester groups is 1. The van der Waals surface area contributed by atoms with E-state index in [1.807, 2.05) is 0 Å². The molecule has 0 spiro atoms. The number of carbonyl (C=O) groups excluding carboxylic acids is 1. The smallest absolute Gasteiger partial charge is 0.457 e. The van der Waals surface area contributed by atoms with E-state index in [0.29, 0.717) is 13.0 Å². The van der Waals surface area contributed by atoms with Gasteiger partial charge in [0.2, 0.25) is 0 Å². The van der Waals surface area contributed by atoms with Crippen molar-refractivity contribution < 1.29 is 32.8 Å². The molecule has 0 aromatic carbocycles. The maximum atomic E-state index is 12.5. The first kappa shape index (κ1) is 46.5. The van der Waals surface area contributed by atoms with Crippen LogP contribution in [0.2, 0.25) is 0 Å². The van der Waals surface area contributed by atoms with Crippen LogP contribution in [0, 0.1) is 0 Å². The fourth-order valence-electron chi connectivity index (χ4n) is 4.99. The van der Waals surface area contributed by atoms with Gasteiger partial charge in [-0.3, -0.25) is 13.8 Å².